The molecule has 6 heteroatoms. The fraction of sp³-hybridized carbons (Fsp3) is 0.385. The second-order valence-corrected chi connectivity index (χ2v) is 6.54. The van der Waals surface area contributed by atoms with Gasteiger partial charge in [-0.1, -0.05) is 41.0 Å². The first-order chi connectivity index (χ1) is 9.15. The Kier molecular flexibility index (Phi) is 3.74. The predicted molar refractivity (Wildman–Crippen MR) is 80.2 cm³/mol. The van der Waals surface area contributed by atoms with Gasteiger partial charge in [-0.15, -0.1) is 0 Å². The number of benzene rings is 1. The molecule has 1 N–H and O–H groups in total. The molecule has 19 heavy (non-hydrogen) atoms. The highest BCUT2D eigenvalue weighted by Crippen LogP contribution is 2.48. The smallest absolute Gasteiger partial charge is 0.229 e. The minimum absolute atomic E-state index is 0.0288. The van der Waals surface area contributed by atoms with E-state index in [0.717, 1.165) is 29.4 Å². The summed E-state index contributed by atoms with van der Waals surface area (Å²) in [6.45, 7) is 0.793. The highest BCUT2D eigenvalue weighted by atomic mass is 35.5. The molecule has 2 aliphatic rings. The third-order valence-corrected chi connectivity index (χ3v) is 4.94. The van der Waals surface area contributed by atoms with Gasteiger partial charge >= 0.3 is 0 Å². The molecule has 3 rings (SSSR count). The van der Waals surface area contributed by atoms with Crippen molar-refractivity contribution < 1.29 is 4.79 Å². The lowest BCUT2D eigenvalue weighted by Crippen LogP contribution is -2.29. The second-order valence-electron chi connectivity index (χ2n) is 4.65. The average Bonchev–Trinajstić information content (AvgIpc) is 3.04. The zero-order valence-corrected chi connectivity index (χ0v) is 12.4. The summed E-state index contributed by atoms with van der Waals surface area (Å²) in [5, 5.41) is 4.72. The van der Waals surface area contributed by atoms with E-state index in [-0.39, 0.29) is 17.7 Å². The van der Waals surface area contributed by atoms with Gasteiger partial charge in [0.1, 0.15) is 0 Å². The van der Waals surface area contributed by atoms with Gasteiger partial charge in [0.25, 0.3) is 0 Å². The van der Waals surface area contributed by atoms with Gasteiger partial charge in [0.05, 0.1) is 16.6 Å². The van der Waals surface area contributed by atoms with Crippen LogP contribution in [-0.4, -0.2) is 23.4 Å². The Morgan fingerprint density at radius 1 is 1.37 bits per heavy atom. The Bertz CT molecular complexity index is 562. The van der Waals surface area contributed by atoms with Crippen molar-refractivity contribution in [1.82, 2.24) is 5.32 Å². The molecule has 1 fully saturated rings. The molecule has 0 radical (unpaired) electrons. The van der Waals surface area contributed by atoms with Crippen LogP contribution in [0.1, 0.15) is 17.9 Å². The number of nitrogens with one attached hydrogen (secondary N) is 1. The Morgan fingerprint density at radius 2 is 2.21 bits per heavy atom. The second kappa shape index (κ2) is 5.35. The molecule has 0 bridgehead atoms. The van der Waals surface area contributed by atoms with Gasteiger partial charge in [-0.05, 0) is 30.0 Å². The Morgan fingerprint density at radius 3 is 2.89 bits per heavy atom. The van der Waals surface area contributed by atoms with Crippen molar-refractivity contribution in [2.45, 2.75) is 12.3 Å². The molecule has 1 aromatic carbocycles. The van der Waals surface area contributed by atoms with E-state index in [2.05, 4.69) is 10.3 Å². The van der Waals surface area contributed by atoms with Crippen LogP contribution < -0.4 is 5.32 Å². The quantitative estimate of drug-likeness (QED) is 0.909. The van der Waals surface area contributed by atoms with E-state index in [1.54, 1.807) is 17.8 Å². The Hall–Kier alpha value is -0.710. The fourth-order valence-corrected chi connectivity index (χ4v) is 3.24. The number of carbonyl (C=O) groups excluding carboxylic acids is 1. The van der Waals surface area contributed by atoms with E-state index in [1.807, 2.05) is 12.1 Å². The van der Waals surface area contributed by atoms with Crippen LogP contribution in [0.5, 0.6) is 0 Å². The molecule has 1 aliphatic heterocycles. The maximum absolute atomic E-state index is 12.0. The predicted octanol–water partition coefficient (Wildman–Crippen LogP) is 3.32. The number of halogens is 2. The largest absolute Gasteiger partial charge is 0.305 e. The maximum Gasteiger partial charge on any atom is 0.229 e. The van der Waals surface area contributed by atoms with E-state index < -0.39 is 0 Å². The Labute approximate surface area is 125 Å². The van der Waals surface area contributed by atoms with Crippen LogP contribution in [0.3, 0.4) is 0 Å². The van der Waals surface area contributed by atoms with E-state index >= 15 is 0 Å². The summed E-state index contributed by atoms with van der Waals surface area (Å²) in [5.41, 5.74) is 1.08. The molecular formula is C13H12Cl2N2OS. The van der Waals surface area contributed by atoms with Crippen LogP contribution in [0.25, 0.3) is 0 Å². The fourth-order valence-electron chi connectivity index (χ4n) is 2.21. The molecule has 0 saturated heterocycles. The summed E-state index contributed by atoms with van der Waals surface area (Å²) in [6, 6.07) is 5.57. The third kappa shape index (κ3) is 2.91. The van der Waals surface area contributed by atoms with E-state index in [9.17, 15) is 4.79 Å². The number of amides is 1. The molecule has 100 valence electrons. The number of carbonyl (C=O) groups is 1. The van der Waals surface area contributed by atoms with Crippen molar-refractivity contribution in [3.63, 3.8) is 0 Å². The topological polar surface area (TPSA) is 41.5 Å². The minimum atomic E-state index is 0.0288. The zero-order chi connectivity index (χ0) is 13.4. The van der Waals surface area contributed by atoms with E-state index in [0.29, 0.717) is 10.0 Å². The number of thioether (sulfide) groups is 1. The number of rotatable bonds is 2. The number of hydrogen-bond donors (Lipinski definition) is 1. The standard InChI is InChI=1S/C13H12Cl2N2OS/c14-10-2-1-7(5-11(10)15)8-6-9(8)12(18)17-13-16-3-4-19-13/h1-2,5,8-9H,3-4,6H2,(H,16,17,18). The first kappa shape index (κ1) is 13.3. The molecule has 1 aromatic rings. The molecule has 1 amide bonds. The van der Waals surface area contributed by atoms with Gasteiger partial charge < -0.3 is 5.32 Å². The monoisotopic (exact) mass is 314 g/mol. The lowest BCUT2D eigenvalue weighted by atomic mass is 10.1. The number of amidine groups is 1. The first-order valence-electron chi connectivity index (χ1n) is 6.08. The normalized spacial score (nSPS) is 25.1. The van der Waals surface area contributed by atoms with Crippen molar-refractivity contribution in [1.29, 1.82) is 0 Å². The SMILES string of the molecule is O=C(NC1=NCCS1)C1CC1c1ccc(Cl)c(Cl)c1. The van der Waals surface area contributed by atoms with Crippen LogP contribution in [0.4, 0.5) is 0 Å². The van der Waals surface area contributed by atoms with E-state index in [1.165, 1.54) is 0 Å². The molecule has 0 aromatic heterocycles. The highest BCUT2D eigenvalue weighted by molar-refractivity contribution is 8.14. The maximum atomic E-state index is 12.0. The summed E-state index contributed by atoms with van der Waals surface area (Å²) in [5.74, 6) is 1.29. The summed E-state index contributed by atoms with van der Waals surface area (Å²) < 4.78 is 0. The van der Waals surface area contributed by atoms with Gasteiger partial charge in [-0.2, -0.15) is 0 Å². The number of hydrogen-bond acceptors (Lipinski definition) is 3. The van der Waals surface area contributed by atoms with Crippen molar-refractivity contribution >= 4 is 46.0 Å². The van der Waals surface area contributed by atoms with Crippen LogP contribution >= 0.6 is 35.0 Å². The third-order valence-electron chi connectivity index (χ3n) is 3.31. The van der Waals surface area contributed by atoms with Crippen molar-refractivity contribution in [3.05, 3.63) is 33.8 Å². The molecule has 2 atom stereocenters. The minimum Gasteiger partial charge on any atom is -0.305 e. The van der Waals surface area contributed by atoms with Crippen molar-refractivity contribution in [3.8, 4) is 0 Å². The Balaban J connectivity index is 1.63. The number of nitrogens with zero attached hydrogens (tertiary/aromatic N) is 1. The zero-order valence-electron chi connectivity index (χ0n) is 10.0. The molecule has 2 unspecified atom stereocenters. The van der Waals surface area contributed by atoms with Gasteiger partial charge in [-0.3, -0.25) is 9.79 Å². The van der Waals surface area contributed by atoms with Crippen LogP contribution in [0.2, 0.25) is 10.0 Å². The summed E-state index contributed by atoms with van der Waals surface area (Å²) >= 11 is 13.5. The highest BCUT2D eigenvalue weighted by Gasteiger charge is 2.44. The summed E-state index contributed by atoms with van der Waals surface area (Å²) in [6.07, 6.45) is 0.863. The molecule has 3 nitrogen and oxygen atoms in total. The van der Waals surface area contributed by atoms with E-state index in [4.69, 9.17) is 23.2 Å². The first-order valence-corrected chi connectivity index (χ1v) is 7.82. The number of aliphatic imine (C=N–C) groups is 1. The molecule has 1 saturated carbocycles. The summed E-state index contributed by atoms with van der Waals surface area (Å²) in [4.78, 5) is 16.3. The van der Waals surface area contributed by atoms with Crippen molar-refractivity contribution in [2.24, 2.45) is 10.9 Å². The van der Waals surface area contributed by atoms with Crippen molar-refractivity contribution in [2.75, 3.05) is 12.3 Å². The molecule has 1 aliphatic carbocycles. The average molecular weight is 315 g/mol. The molecule has 1 heterocycles. The van der Waals surface area contributed by atoms with Gasteiger partial charge in [-0.25, -0.2) is 0 Å². The van der Waals surface area contributed by atoms with Gasteiger partial charge in [0, 0.05) is 11.7 Å². The lowest BCUT2D eigenvalue weighted by molar-refractivity contribution is -0.120. The van der Waals surface area contributed by atoms with Crippen LogP contribution in [0.15, 0.2) is 23.2 Å². The van der Waals surface area contributed by atoms with Crippen LogP contribution in [-0.2, 0) is 4.79 Å². The molecule has 0 spiro atoms. The van der Waals surface area contributed by atoms with Crippen LogP contribution in [0, 0.1) is 5.92 Å². The molecular weight excluding hydrogens is 303 g/mol. The van der Waals surface area contributed by atoms with Gasteiger partial charge in [0.2, 0.25) is 5.91 Å². The van der Waals surface area contributed by atoms with Gasteiger partial charge in [0.15, 0.2) is 5.17 Å². The lowest BCUT2D eigenvalue weighted by Gasteiger charge is -2.04. The summed E-state index contributed by atoms with van der Waals surface area (Å²) in [7, 11) is 0.